The van der Waals surface area contributed by atoms with Crippen molar-refractivity contribution < 1.29 is 4.52 Å². The van der Waals surface area contributed by atoms with Gasteiger partial charge in [0.2, 0.25) is 11.7 Å². The molecular weight excluding hydrogens is 286 g/mol. The van der Waals surface area contributed by atoms with Crippen molar-refractivity contribution in [2.24, 2.45) is 0 Å². The van der Waals surface area contributed by atoms with Gasteiger partial charge in [0, 0.05) is 16.3 Å². The number of aromatic nitrogens is 2. The Labute approximate surface area is 127 Å². The summed E-state index contributed by atoms with van der Waals surface area (Å²) in [6.45, 7) is 2.54. The van der Waals surface area contributed by atoms with Gasteiger partial charge in [-0.05, 0) is 48.9 Å². The van der Waals surface area contributed by atoms with E-state index in [0.717, 1.165) is 11.3 Å². The number of nitrogens with zero attached hydrogens (tertiary/aromatic N) is 2. The lowest BCUT2D eigenvalue weighted by Gasteiger charge is -2.03. The van der Waals surface area contributed by atoms with Crippen LogP contribution in [0.2, 0.25) is 5.02 Å². The molecule has 0 aliphatic rings. The molecule has 5 heteroatoms. The predicted octanol–water partition coefficient (Wildman–Crippen LogP) is 4.31. The van der Waals surface area contributed by atoms with Gasteiger partial charge in [-0.3, -0.25) is 0 Å². The third kappa shape index (κ3) is 3.41. The van der Waals surface area contributed by atoms with Crippen molar-refractivity contribution in [3.63, 3.8) is 0 Å². The maximum Gasteiger partial charge on any atom is 0.246 e. The van der Waals surface area contributed by atoms with Crippen LogP contribution < -0.4 is 5.32 Å². The summed E-state index contributed by atoms with van der Waals surface area (Å²) >= 11 is 5.86. The normalized spacial score (nSPS) is 10.6. The summed E-state index contributed by atoms with van der Waals surface area (Å²) in [5.41, 5.74) is 3.11. The molecule has 3 rings (SSSR count). The second-order valence-electron chi connectivity index (χ2n) is 4.74. The van der Waals surface area contributed by atoms with E-state index in [2.05, 4.69) is 34.5 Å². The molecule has 0 amide bonds. The number of hydrogen-bond donors (Lipinski definition) is 1. The Kier molecular flexibility index (Phi) is 3.88. The molecule has 3 aromatic rings. The van der Waals surface area contributed by atoms with Crippen LogP contribution in [0.15, 0.2) is 53.1 Å². The first-order valence-corrected chi connectivity index (χ1v) is 6.97. The molecule has 0 spiro atoms. The van der Waals surface area contributed by atoms with Gasteiger partial charge in [0.25, 0.3) is 0 Å². The second-order valence-corrected chi connectivity index (χ2v) is 5.18. The van der Waals surface area contributed by atoms with Crippen LogP contribution in [0, 0.1) is 6.92 Å². The van der Waals surface area contributed by atoms with E-state index in [1.807, 2.05) is 24.3 Å². The van der Waals surface area contributed by atoms with Crippen molar-refractivity contribution in [1.82, 2.24) is 10.1 Å². The first kappa shape index (κ1) is 13.6. The van der Waals surface area contributed by atoms with Gasteiger partial charge in [-0.1, -0.05) is 28.9 Å². The van der Waals surface area contributed by atoms with E-state index < -0.39 is 0 Å². The largest absolute Gasteiger partial charge is 0.376 e. The third-order valence-corrected chi connectivity index (χ3v) is 3.28. The van der Waals surface area contributed by atoms with Crippen molar-refractivity contribution in [2.45, 2.75) is 13.5 Å². The molecule has 0 radical (unpaired) electrons. The van der Waals surface area contributed by atoms with Gasteiger partial charge in [0.15, 0.2) is 0 Å². The Morgan fingerprint density at radius 2 is 1.95 bits per heavy atom. The lowest BCUT2D eigenvalue weighted by atomic mass is 10.2. The Hall–Kier alpha value is -2.33. The van der Waals surface area contributed by atoms with Crippen molar-refractivity contribution in [2.75, 3.05) is 5.32 Å². The van der Waals surface area contributed by atoms with Gasteiger partial charge in [-0.25, -0.2) is 0 Å². The quantitative estimate of drug-likeness (QED) is 0.780. The maximum absolute atomic E-state index is 5.86. The third-order valence-electron chi connectivity index (χ3n) is 3.03. The van der Waals surface area contributed by atoms with Crippen molar-refractivity contribution in [1.29, 1.82) is 0 Å². The minimum Gasteiger partial charge on any atom is -0.376 e. The van der Waals surface area contributed by atoms with Gasteiger partial charge in [0.05, 0.1) is 6.54 Å². The molecule has 0 unspecified atom stereocenters. The summed E-state index contributed by atoms with van der Waals surface area (Å²) in [5.74, 6) is 1.11. The highest BCUT2D eigenvalue weighted by Gasteiger charge is 2.08. The minimum absolute atomic E-state index is 0.490. The molecule has 0 bridgehead atoms. The van der Waals surface area contributed by atoms with Crippen LogP contribution in [-0.2, 0) is 6.54 Å². The molecule has 0 saturated heterocycles. The van der Waals surface area contributed by atoms with Crippen molar-refractivity contribution in [3.05, 3.63) is 65.0 Å². The highest BCUT2D eigenvalue weighted by Crippen LogP contribution is 2.19. The van der Waals surface area contributed by atoms with Gasteiger partial charge in [-0.2, -0.15) is 4.98 Å². The molecule has 4 nitrogen and oxygen atoms in total. The lowest BCUT2D eigenvalue weighted by molar-refractivity contribution is 0.384. The van der Waals surface area contributed by atoms with Crippen molar-refractivity contribution >= 4 is 17.3 Å². The molecule has 21 heavy (non-hydrogen) atoms. The fraction of sp³-hybridized carbons (Fsp3) is 0.125. The predicted molar refractivity (Wildman–Crippen MR) is 83.2 cm³/mol. The van der Waals surface area contributed by atoms with Crippen LogP contribution in [0.4, 0.5) is 5.69 Å². The minimum atomic E-state index is 0.490. The number of nitrogens with one attached hydrogen (secondary N) is 1. The van der Waals surface area contributed by atoms with E-state index >= 15 is 0 Å². The molecule has 0 saturated carbocycles. The van der Waals surface area contributed by atoms with Crippen LogP contribution in [0.25, 0.3) is 11.4 Å². The summed E-state index contributed by atoms with van der Waals surface area (Å²) in [5, 5.41) is 7.92. The van der Waals surface area contributed by atoms with Crippen LogP contribution in [0.1, 0.15) is 11.5 Å². The number of halogens is 1. The zero-order chi connectivity index (χ0) is 14.7. The molecule has 1 heterocycles. The zero-order valence-corrected chi connectivity index (χ0v) is 12.3. The number of hydrogen-bond acceptors (Lipinski definition) is 4. The second kappa shape index (κ2) is 5.97. The molecule has 0 aliphatic carbocycles. The first-order chi connectivity index (χ1) is 10.2. The summed E-state index contributed by atoms with van der Waals surface area (Å²) < 4.78 is 5.24. The molecule has 2 aromatic carbocycles. The summed E-state index contributed by atoms with van der Waals surface area (Å²) in [7, 11) is 0. The lowest BCUT2D eigenvalue weighted by Crippen LogP contribution is -1.99. The Morgan fingerprint density at radius 1 is 1.14 bits per heavy atom. The molecule has 0 atom stereocenters. The molecular formula is C16H14ClN3O. The molecule has 1 N–H and O–H groups in total. The smallest absolute Gasteiger partial charge is 0.246 e. The van der Waals surface area contributed by atoms with E-state index in [4.69, 9.17) is 16.1 Å². The van der Waals surface area contributed by atoms with Crippen LogP contribution in [0.3, 0.4) is 0 Å². The SMILES string of the molecule is Cc1cccc(NCc2nc(-c3ccc(Cl)cc3)no2)c1. The summed E-state index contributed by atoms with van der Waals surface area (Å²) in [6, 6.07) is 15.5. The van der Waals surface area contributed by atoms with Gasteiger partial charge >= 0.3 is 0 Å². The highest BCUT2D eigenvalue weighted by atomic mass is 35.5. The first-order valence-electron chi connectivity index (χ1n) is 6.60. The van der Waals surface area contributed by atoms with Gasteiger partial charge < -0.3 is 9.84 Å². The fourth-order valence-electron chi connectivity index (χ4n) is 1.98. The average molecular weight is 300 g/mol. The number of anilines is 1. The fourth-order valence-corrected chi connectivity index (χ4v) is 2.10. The number of rotatable bonds is 4. The van der Waals surface area contributed by atoms with Crippen LogP contribution in [-0.4, -0.2) is 10.1 Å². The van der Waals surface area contributed by atoms with Crippen LogP contribution >= 0.6 is 11.6 Å². The number of aryl methyl sites for hydroxylation is 1. The topological polar surface area (TPSA) is 51.0 Å². The maximum atomic E-state index is 5.86. The van der Waals surface area contributed by atoms with E-state index in [9.17, 15) is 0 Å². The van der Waals surface area contributed by atoms with Gasteiger partial charge in [0.1, 0.15) is 0 Å². The summed E-state index contributed by atoms with van der Waals surface area (Å²) in [4.78, 5) is 4.36. The van der Waals surface area contributed by atoms with Crippen molar-refractivity contribution in [3.8, 4) is 11.4 Å². The molecule has 0 aliphatic heterocycles. The zero-order valence-electron chi connectivity index (χ0n) is 11.5. The average Bonchev–Trinajstić information content (AvgIpc) is 2.95. The Bertz CT molecular complexity index is 737. The van der Waals surface area contributed by atoms with E-state index in [0.29, 0.717) is 23.3 Å². The summed E-state index contributed by atoms with van der Waals surface area (Å²) in [6.07, 6.45) is 0. The number of benzene rings is 2. The Morgan fingerprint density at radius 3 is 2.71 bits per heavy atom. The molecule has 1 aromatic heterocycles. The van der Waals surface area contributed by atoms with E-state index in [-0.39, 0.29) is 0 Å². The highest BCUT2D eigenvalue weighted by molar-refractivity contribution is 6.30. The molecule has 0 fully saturated rings. The Balaban J connectivity index is 1.69. The van der Waals surface area contributed by atoms with E-state index in [1.165, 1.54) is 5.56 Å². The molecule has 106 valence electrons. The standard InChI is InChI=1S/C16H14ClN3O/c1-11-3-2-4-14(9-11)18-10-15-19-16(20-21-15)12-5-7-13(17)8-6-12/h2-9,18H,10H2,1H3. The monoisotopic (exact) mass is 299 g/mol. The van der Waals surface area contributed by atoms with Crippen LogP contribution in [0.5, 0.6) is 0 Å². The van der Waals surface area contributed by atoms with Gasteiger partial charge in [-0.15, -0.1) is 0 Å². The van der Waals surface area contributed by atoms with E-state index in [1.54, 1.807) is 12.1 Å².